The van der Waals surface area contributed by atoms with Gasteiger partial charge < -0.3 is 5.73 Å². The van der Waals surface area contributed by atoms with E-state index in [4.69, 9.17) is 21.5 Å². The Kier molecular flexibility index (Phi) is 5.42. The summed E-state index contributed by atoms with van der Waals surface area (Å²) in [6.07, 6.45) is 3.44. The second-order valence-corrected chi connectivity index (χ2v) is 8.99. The van der Waals surface area contributed by atoms with Crippen LogP contribution in [0.3, 0.4) is 0 Å². The minimum atomic E-state index is -1.13. The molecule has 0 unspecified atom stereocenters. The normalized spacial score (nSPS) is 12.7. The molecule has 4 N–H and O–H groups in total. The summed E-state index contributed by atoms with van der Waals surface area (Å²) >= 11 is 0. The third-order valence-electron chi connectivity index (χ3n) is 6.74. The summed E-state index contributed by atoms with van der Waals surface area (Å²) < 4.78 is 42.3. The van der Waals surface area contributed by atoms with Crippen LogP contribution in [0.1, 0.15) is 11.1 Å². The summed E-state index contributed by atoms with van der Waals surface area (Å²) in [5.74, 6) is -3.27. The van der Waals surface area contributed by atoms with E-state index in [2.05, 4.69) is 0 Å². The number of pyridine rings is 1. The SMILES string of the molecule is N=C1C=Cc2c(-c3ccc(-c4ccc(-c5c(F)cc(F)c(N)c5F)cc4)cc3)nc3ccccc3c2C1=N. The molecule has 0 saturated heterocycles. The topological polar surface area (TPSA) is 86.6 Å². The van der Waals surface area contributed by atoms with Crippen molar-refractivity contribution in [3.05, 3.63) is 114 Å². The Morgan fingerprint density at radius 2 is 1.26 bits per heavy atom. The fourth-order valence-electron chi connectivity index (χ4n) is 4.78. The molecule has 6 rings (SSSR count). The summed E-state index contributed by atoms with van der Waals surface area (Å²) in [6, 6.07) is 22.5. The summed E-state index contributed by atoms with van der Waals surface area (Å²) in [4.78, 5) is 4.87. The number of anilines is 1. The van der Waals surface area contributed by atoms with Gasteiger partial charge in [-0.15, -0.1) is 0 Å². The second kappa shape index (κ2) is 8.81. The lowest BCUT2D eigenvalue weighted by Gasteiger charge is -2.19. The van der Waals surface area contributed by atoms with E-state index in [1.54, 1.807) is 30.3 Å². The van der Waals surface area contributed by atoms with Crippen molar-refractivity contribution in [2.24, 2.45) is 0 Å². The predicted octanol–water partition coefficient (Wildman–Crippen LogP) is 7.65. The Bertz CT molecular complexity index is 1820. The van der Waals surface area contributed by atoms with Crippen molar-refractivity contribution in [1.82, 2.24) is 4.98 Å². The number of halogens is 3. The maximum Gasteiger partial charge on any atom is 0.159 e. The molecule has 0 aliphatic heterocycles. The number of nitrogens with two attached hydrogens (primary N) is 1. The van der Waals surface area contributed by atoms with Crippen molar-refractivity contribution in [3.63, 3.8) is 0 Å². The molecule has 4 nitrogen and oxygen atoms in total. The highest BCUT2D eigenvalue weighted by atomic mass is 19.1. The Morgan fingerprint density at radius 3 is 1.95 bits per heavy atom. The third kappa shape index (κ3) is 3.67. The van der Waals surface area contributed by atoms with Gasteiger partial charge in [0.25, 0.3) is 0 Å². The first-order valence-corrected chi connectivity index (χ1v) is 11.8. The van der Waals surface area contributed by atoms with E-state index in [1.165, 1.54) is 0 Å². The first kappa shape index (κ1) is 23.4. The number of para-hydroxylation sites is 1. The maximum atomic E-state index is 14.5. The quantitative estimate of drug-likeness (QED) is 0.220. The summed E-state index contributed by atoms with van der Waals surface area (Å²) in [5, 5.41) is 17.5. The smallest absolute Gasteiger partial charge is 0.159 e. The molecule has 1 heterocycles. The van der Waals surface area contributed by atoms with E-state index in [0.29, 0.717) is 17.3 Å². The van der Waals surface area contributed by atoms with E-state index in [0.717, 1.165) is 33.2 Å². The van der Waals surface area contributed by atoms with E-state index in [-0.39, 0.29) is 22.6 Å². The Hall–Kier alpha value is -5.04. The zero-order valence-corrected chi connectivity index (χ0v) is 19.8. The van der Waals surface area contributed by atoms with Crippen LogP contribution >= 0.6 is 0 Å². The van der Waals surface area contributed by atoms with Crippen LogP contribution in [-0.4, -0.2) is 16.4 Å². The average molecular weight is 505 g/mol. The van der Waals surface area contributed by atoms with Gasteiger partial charge in [0.2, 0.25) is 0 Å². The molecule has 0 atom stereocenters. The Balaban J connectivity index is 1.38. The number of benzene rings is 4. The van der Waals surface area contributed by atoms with Crippen molar-refractivity contribution in [2.45, 2.75) is 0 Å². The summed E-state index contributed by atoms with van der Waals surface area (Å²) in [7, 11) is 0. The molecule has 0 saturated carbocycles. The Morgan fingerprint density at radius 1 is 0.658 bits per heavy atom. The second-order valence-electron chi connectivity index (χ2n) is 8.99. The van der Waals surface area contributed by atoms with Gasteiger partial charge in [-0.3, -0.25) is 10.8 Å². The molecule has 184 valence electrons. The van der Waals surface area contributed by atoms with E-state index in [9.17, 15) is 13.2 Å². The van der Waals surface area contributed by atoms with Crippen LogP contribution < -0.4 is 5.73 Å². The average Bonchev–Trinajstić information content (AvgIpc) is 2.93. The van der Waals surface area contributed by atoms with Crippen molar-refractivity contribution in [1.29, 1.82) is 10.8 Å². The van der Waals surface area contributed by atoms with E-state index >= 15 is 0 Å². The van der Waals surface area contributed by atoms with Crippen molar-refractivity contribution < 1.29 is 13.2 Å². The highest BCUT2D eigenvalue weighted by molar-refractivity contribution is 6.54. The van der Waals surface area contributed by atoms with Gasteiger partial charge >= 0.3 is 0 Å². The van der Waals surface area contributed by atoms with Crippen LogP contribution in [-0.2, 0) is 0 Å². The molecule has 4 aromatic carbocycles. The minimum absolute atomic E-state index is 0.154. The van der Waals surface area contributed by atoms with Crippen LogP contribution in [0.15, 0.2) is 84.9 Å². The molecular formula is C31H19F3N4. The van der Waals surface area contributed by atoms with Crippen molar-refractivity contribution >= 4 is 34.1 Å². The monoisotopic (exact) mass is 504 g/mol. The zero-order valence-electron chi connectivity index (χ0n) is 19.8. The number of fused-ring (bicyclic) bond motifs is 3. The van der Waals surface area contributed by atoms with Gasteiger partial charge in [-0.2, -0.15) is 0 Å². The number of hydrogen-bond donors (Lipinski definition) is 3. The summed E-state index contributed by atoms with van der Waals surface area (Å²) in [6.45, 7) is 0. The van der Waals surface area contributed by atoms with Gasteiger partial charge in [0.05, 0.1) is 28.2 Å². The lowest BCUT2D eigenvalue weighted by atomic mass is 9.88. The first-order chi connectivity index (χ1) is 18.3. The van der Waals surface area contributed by atoms with Gasteiger partial charge in [0.15, 0.2) is 11.6 Å². The molecule has 0 fully saturated rings. The van der Waals surface area contributed by atoms with Crippen molar-refractivity contribution in [2.75, 3.05) is 5.73 Å². The highest BCUT2D eigenvalue weighted by Crippen LogP contribution is 2.36. The van der Waals surface area contributed by atoms with Crippen LogP contribution in [0, 0.1) is 28.3 Å². The number of allylic oxidation sites excluding steroid dienone is 1. The van der Waals surface area contributed by atoms with E-state index < -0.39 is 23.1 Å². The molecule has 38 heavy (non-hydrogen) atoms. The number of nitrogen functional groups attached to an aromatic ring is 1. The van der Waals surface area contributed by atoms with E-state index in [1.807, 2.05) is 54.6 Å². The molecule has 1 aliphatic rings. The first-order valence-electron chi connectivity index (χ1n) is 11.8. The fraction of sp³-hybridized carbons (Fsp3) is 0. The largest absolute Gasteiger partial charge is 0.394 e. The molecule has 0 amide bonds. The van der Waals surface area contributed by atoms with Gasteiger partial charge in [-0.1, -0.05) is 66.7 Å². The van der Waals surface area contributed by atoms with Crippen LogP contribution in [0.25, 0.3) is 50.5 Å². The molecule has 0 radical (unpaired) electrons. The number of hydrogen-bond acceptors (Lipinski definition) is 4. The number of nitrogens with one attached hydrogen (secondary N) is 2. The summed E-state index contributed by atoms with van der Waals surface area (Å²) in [5.41, 5.74) is 10.4. The van der Waals surface area contributed by atoms with Gasteiger partial charge in [0.1, 0.15) is 11.5 Å². The molecule has 0 spiro atoms. The Labute approximate surface area is 215 Å². The molecule has 7 heteroatoms. The lowest BCUT2D eigenvalue weighted by molar-refractivity contribution is 0.554. The van der Waals surface area contributed by atoms with Crippen LogP contribution in [0.5, 0.6) is 0 Å². The van der Waals surface area contributed by atoms with Crippen LogP contribution in [0.4, 0.5) is 18.9 Å². The van der Waals surface area contributed by atoms with Gasteiger partial charge in [-0.25, -0.2) is 18.2 Å². The number of rotatable bonds is 3. The molecule has 1 aromatic heterocycles. The number of nitrogens with zero attached hydrogens (tertiary/aromatic N) is 1. The van der Waals surface area contributed by atoms with Gasteiger partial charge in [0, 0.05) is 28.1 Å². The molecular weight excluding hydrogens is 485 g/mol. The standard InChI is InChI=1S/C31H19F3N4/c32-22-15-23(33)29(36)28(34)26(22)18-9-5-16(6-10-18)17-7-11-19(12-8-17)31-21-13-14-24(35)30(37)27(21)20-3-1-2-4-25(20)38-31/h1-15,35,37H,36H2. The molecule has 5 aromatic rings. The van der Waals surface area contributed by atoms with Gasteiger partial charge in [-0.05, 0) is 34.9 Å². The van der Waals surface area contributed by atoms with Crippen LogP contribution in [0.2, 0.25) is 0 Å². The molecule has 1 aliphatic carbocycles. The number of aromatic nitrogens is 1. The predicted molar refractivity (Wildman–Crippen MR) is 146 cm³/mol. The third-order valence-corrected chi connectivity index (χ3v) is 6.74. The minimum Gasteiger partial charge on any atom is -0.394 e. The zero-order chi connectivity index (χ0) is 26.6. The lowest BCUT2D eigenvalue weighted by Crippen LogP contribution is -2.17. The van der Waals surface area contributed by atoms with Crippen molar-refractivity contribution in [3.8, 4) is 33.5 Å². The fourth-order valence-corrected chi connectivity index (χ4v) is 4.78. The molecule has 0 bridgehead atoms. The maximum absolute atomic E-state index is 14.5. The highest BCUT2D eigenvalue weighted by Gasteiger charge is 2.23.